The van der Waals surface area contributed by atoms with Crippen LogP contribution in [0.5, 0.6) is 0 Å². The van der Waals surface area contributed by atoms with E-state index in [2.05, 4.69) is 62.1 Å². The zero-order chi connectivity index (χ0) is 18.0. The molecule has 25 heavy (non-hydrogen) atoms. The van der Waals surface area contributed by atoms with E-state index in [-0.39, 0.29) is 11.6 Å². The van der Waals surface area contributed by atoms with Gasteiger partial charge in [0.1, 0.15) is 12.6 Å². The highest BCUT2D eigenvalue weighted by atomic mass is 16.1. The number of aromatic nitrogens is 2. The number of aromatic amines is 1. The summed E-state index contributed by atoms with van der Waals surface area (Å²) >= 11 is 0. The number of hydrogen-bond donors (Lipinski definition) is 2. The molecule has 0 amide bonds. The van der Waals surface area contributed by atoms with Crippen LogP contribution in [0.15, 0.2) is 53.3 Å². The fourth-order valence-electron chi connectivity index (χ4n) is 3.04. The van der Waals surface area contributed by atoms with Gasteiger partial charge in [-0.05, 0) is 30.5 Å². The fourth-order valence-corrected chi connectivity index (χ4v) is 3.04. The van der Waals surface area contributed by atoms with Gasteiger partial charge in [-0.2, -0.15) is 0 Å². The average molecular weight is 336 g/mol. The van der Waals surface area contributed by atoms with Crippen LogP contribution in [-0.4, -0.2) is 17.0 Å². The van der Waals surface area contributed by atoms with Crippen LogP contribution in [0.3, 0.4) is 0 Å². The van der Waals surface area contributed by atoms with Crippen molar-refractivity contribution in [3.8, 4) is 0 Å². The third-order valence-electron chi connectivity index (χ3n) is 4.91. The van der Waals surface area contributed by atoms with Crippen molar-refractivity contribution in [3.05, 3.63) is 75.8 Å². The van der Waals surface area contributed by atoms with E-state index in [1.807, 2.05) is 24.3 Å². The lowest BCUT2D eigenvalue weighted by molar-refractivity contribution is -0.924. The van der Waals surface area contributed by atoms with E-state index >= 15 is 0 Å². The summed E-state index contributed by atoms with van der Waals surface area (Å²) in [4.78, 5) is 21.2. The van der Waals surface area contributed by atoms with Crippen molar-refractivity contribution in [1.82, 2.24) is 9.97 Å². The first-order chi connectivity index (χ1) is 12.0. The van der Waals surface area contributed by atoms with Crippen LogP contribution in [0, 0.1) is 0 Å². The minimum absolute atomic E-state index is 0.0680. The Morgan fingerprint density at radius 1 is 1.04 bits per heavy atom. The van der Waals surface area contributed by atoms with Gasteiger partial charge >= 0.3 is 0 Å². The summed E-state index contributed by atoms with van der Waals surface area (Å²) in [6.07, 6.45) is 0. The highest BCUT2D eigenvalue weighted by molar-refractivity contribution is 5.77. The quantitative estimate of drug-likeness (QED) is 0.753. The maximum absolute atomic E-state index is 12.3. The lowest BCUT2D eigenvalue weighted by atomic mass is 10.0. The molecule has 2 N–H and O–H groups in total. The smallest absolute Gasteiger partial charge is 0.258 e. The predicted octanol–water partition coefficient (Wildman–Crippen LogP) is 2.82. The molecule has 0 saturated carbocycles. The van der Waals surface area contributed by atoms with Crippen LogP contribution < -0.4 is 10.5 Å². The van der Waals surface area contributed by atoms with Crippen molar-refractivity contribution in [3.63, 3.8) is 0 Å². The fraction of sp³-hybridized carbons (Fsp3) is 0.333. The SMILES string of the molecule is CC(C)c1ccc(C[NH+](C)[C@H](C)c2nc3ccccc3c(=O)[nH]2)cc1. The summed E-state index contributed by atoms with van der Waals surface area (Å²) in [5, 5.41) is 0.639. The van der Waals surface area contributed by atoms with Crippen molar-refractivity contribution in [2.75, 3.05) is 7.05 Å². The summed E-state index contributed by atoms with van der Waals surface area (Å²) in [5.41, 5.74) is 3.33. The number of para-hydroxylation sites is 1. The van der Waals surface area contributed by atoms with Crippen LogP contribution >= 0.6 is 0 Å². The van der Waals surface area contributed by atoms with Gasteiger partial charge < -0.3 is 9.88 Å². The zero-order valence-corrected chi connectivity index (χ0v) is 15.3. The number of nitrogens with zero attached hydrogens (tertiary/aromatic N) is 1. The standard InChI is InChI=1S/C21H25N3O/c1-14(2)17-11-9-16(10-12-17)13-24(4)15(3)20-22-19-8-6-5-7-18(19)21(25)23-20/h5-12,14-15H,13H2,1-4H3,(H,22,23,25)/p+1/t15-/m1/s1. The molecule has 0 bridgehead atoms. The van der Waals surface area contributed by atoms with Crippen molar-refractivity contribution >= 4 is 10.9 Å². The molecule has 1 unspecified atom stereocenters. The Balaban J connectivity index is 1.80. The highest BCUT2D eigenvalue weighted by Gasteiger charge is 2.19. The Labute approximate surface area is 148 Å². The van der Waals surface area contributed by atoms with Gasteiger partial charge in [0.05, 0.1) is 18.0 Å². The van der Waals surface area contributed by atoms with Gasteiger partial charge in [0.25, 0.3) is 5.56 Å². The molecule has 0 saturated heterocycles. The molecule has 3 rings (SSSR count). The molecule has 0 fully saturated rings. The van der Waals surface area contributed by atoms with E-state index in [0.717, 1.165) is 17.9 Å². The van der Waals surface area contributed by atoms with Crippen LogP contribution in [0.25, 0.3) is 10.9 Å². The molecule has 1 aromatic heterocycles. The van der Waals surface area contributed by atoms with Crippen LogP contribution in [0.4, 0.5) is 0 Å². The van der Waals surface area contributed by atoms with Gasteiger partial charge in [0.2, 0.25) is 0 Å². The molecule has 130 valence electrons. The molecule has 2 atom stereocenters. The molecular formula is C21H26N3O+. The molecule has 4 nitrogen and oxygen atoms in total. The monoisotopic (exact) mass is 336 g/mol. The summed E-state index contributed by atoms with van der Waals surface area (Å²) < 4.78 is 0. The molecule has 0 spiro atoms. The minimum atomic E-state index is -0.0680. The van der Waals surface area contributed by atoms with Gasteiger partial charge in [-0.15, -0.1) is 0 Å². The maximum atomic E-state index is 12.3. The van der Waals surface area contributed by atoms with Crippen molar-refractivity contribution in [2.45, 2.75) is 39.3 Å². The minimum Gasteiger partial charge on any atom is -0.325 e. The van der Waals surface area contributed by atoms with E-state index in [1.165, 1.54) is 16.0 Å². The van der Waals surface area contributed by atoms with Gasteiger partial charge in [0.15, 0.2) is 5.82 Å². The lowest BCUT2D eigenvalue weighted by Gasteiger charge is -2.21. The maximum Gasteiger partial charge on any atom is 0.258 e. The number of quaternary nitrogens is 1. The summed E-state index contributed by atoms with van der Waals surface area (Å²) in [6.45, 7) is 7.40. The van der Waals surface area contributed by atoms with E-state index in [0.29, 0.717) is 11.3 Å². The molecule has 0 aliphatic heterocycles. The van der Waals surface area contributed by atoms with Crippen molar-refractivity contribution < 1.29 is 4.90 Å². The van der Waals surface area contributed by atoms with E-state index < -0.39 is 0 Å². The molecule has 4 heteroatoms. The second kappa shape index (κ2) is 7.19. The van der Waals surface area contributed by atoms with Gasteiger partial charge in [-0.3, -0.25) is 4.79 Å². The van der Waals surface area contributed by atoms with Crippen LogP contribution in [0.2, 0.25) is 0 Å². The molecular weight excluding hydrogens is 310 g/mol. The third-order valence-corrected chi connectivity index (χ3v) is 4.91. The molecule has 0 aliphatic carbocycles. The van der Waals surface area contributed by atoms with E-state index in [9.17, 15) is 4.79 Å². The molecule has 1 heterocycles. The number of hydrogen-bond acceptors (Lipinski definition) is 2. The zero-order valence-electron chi connectivity index (χ0n) is 15.3. The van der Waals surface area contributed by atoms with E-state index in [1.54, 1.807) is 0 Å². The first-order valence-corrected chi connectivity index (χ1v) is 8.86. The normalized spacial score (nSPS) is 14.0. The number of benzene rings is 2. The summed E-state index contributed by atoms with van der Waals surface area (Å²) in [5.74, 6) is 1.28. The lowest BCUT2D eigenvalue weighted by Crippen LogP contribution is -3.07. The number of H-pyrrole nitrogens is 1. The average Bonchev–Trinajstić information content (AvgIpc) is 2.61. The Kier molecular flexibility index (Phi) is 5.00. The number of fused-ring (bicyclic) bond motifs is 1. The summed E-state index contributed by atoms with van der Waals surface area (Å²) in [6, 6.07) is 16.4. The summed E-state index contributed by atoms with van der Waals surface area (Å²) in [7, 11) is 2.14. The first kappa shape index (κ1) is 17.4. The number of nitrogens with one attached hydrogen (secondary N) is 2. The predicted molar refractivity (Wildman–Crippen MR) is 102 cm³/mol. The Bertz CT molecular complexity index is 912. The highest BCUT2D eigenvalue weighted by Crippen LogP contribution is 2.14. The largest absolute Gasteiger partial charge is 0.325 e. The topological polar surface area (TPSA) is 50.2 Å². The second-order valence-electron chi connectivity index (χ2n) is 7.11. The van der Waals surface area contributed by atoms with Crippen molar-refractivity contribution in [2.24, 2.45) is 0 Å². The Morgan fingerprint density at radius 2 is 1.72 bits per heavy atom. The molecule has 3 aromatic rings. The van der Waals surface area contributed by atoms with E-state index in [4.69, 9.17) is 0 Å². The Hall–Kier alpha value is -2.46. The first-order valence-electron chi connectivity index (χ1n) is 8.86. The van der Waals surface area contributed by atoms with Crippen LogP contribution in [0.1, 0.15) is 49.7 Å². The molecule has 0 radical (unpaired) electrons. The molecule has 2 aromatic carbocycles. The third kappa shape index (κ3) is 3.80. The second-order valence-corrected chi connectivity index (χ2v) is 7.11. The Morgan fingerprint density at radius 3 is 2.40 bits per heavy atom. The van der Waals surface area contributed by atoms with Gasteiger partial charge in [0, 0.05) is 5.56 Å². The molecule has 0 aliphatic rings. The van der Waals surface area contributed by atoms with Gasteiger partial charge in [-0.25, -0.2) is 4.98 Å². The number of rotatable bonds is 5. The van der Waals surface area contributed by atoms with Crippen LogP contribution in [-0.2, 0) is 6.54 Å². The van der Waals surface area contributed by atoms with Gasteiger partial charge in [-0.1, -0.05) is 50.2 Å². The van der Waals surface area contributed by atoms with Crippen molar-refractivity contribution in [1.29, 1.82) is 0 Å².